The molecule has 3 nitrogen and oxygen atoms in total. The minimum atomic E-state index is -0.313. The van der Waals surface area contributed by atoms with E-state index >= 15 is 0 Å². The van der Waals surface area contributed by atoms with Crippen LogP contribution < -0.4 is 10.6 Å². The fraction of sp³-hybridized carbons (Fsp3) is 0.0714. The Bertz CT molecular complexity index is 616. The van der Waals surface area contributed by atoms with Crippen molar-refractivity contribution >= 4 is 41.6 Å². The lowest BCUT2D eigenvalue weighted by molar-refractivity contribution is 0.262. The molecule has 0 aliphatic rings. The molecule has 98 valence electrons. The molecule has 0 aliphatic heterocycles. The Morgan fingerprint density at radius 2 is 1.79 bits per heavy atom. The largest absolute Gasteiger partial charge is 0.323 e. The summed E-state index contributed by atoms with van der Waals surface area (Å²) in [6, 6.07) is 12.3. The summed E-state index contributed by atoms with van der Waals surface area (Å²) in [6.45, 7) is 1.88. The van der Waals surface area contributed by atoms with Crippen LogP contribution >= 0.6 is 24.2 Å². The lowest BCUT2D eigenvalue weighted by Crippen LogP contribution is -2.20. The van der Waals surface area contributed by atoms with Crippen molar-refractivity contribution in [3.05, 3.63) is 53.1 Å². The van der Waals surface area contributed by atoms with Gasteiger partial charge >= 0.3 is 6.03 Å². The number of hydrogen-bond donors (Lipinski definition) is 3. The number of carbonyl (C=O) groups is 1. The van der Waals surface area contributed by atoms with Gasteiger partial charge < -0.3 is 10.6 Å². The fourth-order valence-electron chi connectivity index (χ4n) is 1.62. The molecule has 0 unspecified atom stereocenters. The minimum Gasteiger partial charge on any atom is -0.307 e. The minimum absolute atomic E-state index is 0.313. The third-order valence-corrected chi connectivity index (χ3v) is 3.21. The predicted molar refractivity (Wildman–Crippen MR) is 82.5 cm³/mol. The van der Waals surface area contributed by atoms with Gasteiger partial charge in [0.25, 0.3) is 0 Å². The van der Waals surface area contributed by atoms with Crippen LogP contribution in [0.25, 0.3) is 0 Å². The summed E-state index contributed by atoms with van der Waals surface area (Å²) in [5, 5.41) is 6.15. The Morgan fingerprint density at radius 3 is 2.47 bits per heavy atom. The zero-order valence-corrected chi connectivity index (χ0v) is 11.9. The first kappa shape index (κ1) is 13.8. The lowest BCUT2D eigenvalue weighted by atomic mass is 10.2. The van der Waals surface area contributed by atoms with E-state index in [-0.39, 0.29) is 6.03 Å². The molecule has 0 aliphatic carbocycles. The van der Waals surface area contributed by atoms with Crippen molar-refractivity contribution in [2.24, 2.45) is 0 Å². The van der Waals surface area contributed by atoms with E-state index in [2.05, 4.69) is 23.3 Å². The number of thiol groups is 1. The zero-order valence-electron chi connectivity index (χ0n) is 10.3. The van der Waals surface area contributed by atoms with Gasteiger partial charge in [0.05, 0.1) is 5.69 Å². The van der Waals surface area contributed by atoms with Gasteiger partial charge in [-0.25, -0.2) is 4.79 Å². The smallest absolute Gasteiger partial charge is 0.307 e. The summed E-state index contributed by atoms with van der Waals surface area (Å²) in [6.07, 6.45) is 0. The molecule has 0 atom stereocenters. The number of rotatable bonds is 2. The molecule has 0 radical (unpaired) electrons. The molecular weight excluding hydrogens is 280 g/mol. The summed E-state index contributed by atoms with van der Waals surface area (Å²) >= 11 is 10.1. The molecule has 2 N–H and O–H groups in total. The van der Waals surface area contributed by atoms with Gasteiger partial charge in [-0.1, -0.05) is 23.7 Å². The topological polar surface area (TPSA) is 41.1 Å². The molecule has 2 rings (SSSR count). The second-order valence-electron chi connectivity index (χ2n) is 4.06. The van der Waals surface area contributed by atoms with E-state index in [1.165, 1.54) is 0 Å². The van der Waals surface area contributed by atoms with Gasteiger partial charge in [-0.3, -0.25) is 0 Å². The summed E-state index contributed by atoms with van der Waals surface area (Å²) in [5.41, 5.74) is 2.29. The van der Waals surface area contributed by atoms with Gasteiger partial charge in [-0.05, 0) is 42.8 Å². The van der Waals surface area contributed by atoms with Crippen LogP contribution in [-0.4, -0.2) is 6.03 Å². The monoisotopic (exact) mass is 292 g/mol. The first-order valence-corrected chi connectivity index (χ1v) is 6.51. The second-order valence-corrected chi connectivity index (χ2v) is 4.97. The highest BCUT2D eigenvalue weighted by Crippen LogP contribution is 2.21. The first-order chi connectivity index (χ1) is 9.06. The summed E-state index contributed by atoms with van der Waals surface area (Å²) in [7, 11) is 0. The zero-order chi connectivity index (χ0) is 13.8. The number of hydrogen-bond acceptors (Lipinski definition) is 2. The van der Waals surface area contributed by atoms with Gasteiger partial charge in [0, 0.05) is 15.6 Å². The fourth-order valence-corrected chi connectivity index (χ4v) is 2.07. The number of amides is 2. The molecular formula is C14H13ClN2OS. The third kappa shape index (κ3) is 3.66. The van der Waals surface area contributed by atoms with E-state index < -0.39 is 0 Å². The van der Waals surface area contributed by atoms with Crippen LogP contribution in [0.1, 0.15) is 5.56 Å². The van der Waals surface area contributed by atoms with Crippen LogP contribution in [0, 0.1) is 6.92 Å². The van der Waals surface area contributed by atoms with Crippen molar-refractivity contribution in [2.75, 3.05) is 10.6 Å². The number of carbonyl (C=O) groups excluding carboxylic acids is 1. The molecule has 2 aromatic rings. The van der Waals surface area contributed by atoms with Gasteiger partial charge in [0.1, 0.15) is 0 Å². The molecule has 0 saturated heterocycles. The third-order valence-electron chi connectivity index (χ3n) is 2.59. The first-order valence-electron chi connectivity index (χ1n) is 5.68. The second kappa shape index (κ2) is 5.99. The maximum absolute atomic E-state index is 11.9. The van der Waals surface area contributed by atoms with Crippen molar-refractivity contribution in [2.45, 2.75) is 11.8 Å². The van der Waals surface area contributed by atoms with Gasteiger partial charge in [0.15, 0.2) is 0 Å². The summed E-state index contributed by atoms with van der Waals surface area (Å²) < 4.78 is 0. The van der Waals surface area contributed by atoms with Gasteiger partial charge in [-0.15, -0.1) is 12.6 Å². The molecule has 5 heteroatoms. The van der Waals surface area contributed by atoms with Crippen LogP contribution in [0.5, 0.6) is 0 Å². The number of nitrogens with one attached hydrogen (secondary N) is 2. The van der Waals surface area contributed by atoms with Crippen LogP contribution in [-0.2, 0) is 0 Å². The Labute approximate surface area is 122 Å². The molecule has 0 fully saturated rings. The van der Waals surface area contributed by atoms with Gasteiger partial charge in [0.2, 0.25) is 0 Å². The average Bonchev–Trinajstić information content (AvgIpc) is 2.36. The van der Waals surface area contributed by atoms with Crippen LogP contribution in [0.15, 0.2) is 47.4 Å². The highest BCUT2D eigenvalue weighted by Gasteiger charge is 2.06. The number of para-hydroxylation sites is 1. The Morgan fingerprint density at radius 1 is 1.11 bits per heavy atom. The molecule has 0 bridgehead atoms. The standard InChI is InChI=1S/C14H13ClN2OS/c1-9-8-10(15)6-7-11(9)16-14(18)17-12-4-2-3-5-13(12)19/h2-8,19H,1H3,(H2,16,17,18). The molecule has 2 aromatic carbocycles. The Hall–Kier alpha value is -1.65. The molecule has 0 heterocycles. The van der Waals surface area contributed by atoms with E-state index in [1.807, 2.05) is 25.1 Å². The maximum atomic E-state index is 11.9. The number of halogens is 1. The predicted octanol–water partition coefficient (Wildman–Crippen LogP) is 4.58. The van der Waals surface area contributed by atoms with Crippen molar-refractivity contribution in [3.8, 4) is 0 Å². The number of aryl methyl sites for hydroxylation is 1. The lowest BCUT2D eigenvalue weighted by Gasteiger charge is -2.11. The average molecular weight is 293 g/mol. The number of urea groups is 1. The normalized spacial score (nSPS) is 10.1. The molecule has 0 spiro atoms. The molecule has 0 saturated carbocycles. The molecule has 0 aromatic heterocycles. The van der Waals surface area contributed by atoms with Crippen molar-refractivity contribution in [3.63, 3.8) is 0 Å². The van der Waals surface area contributed by atoms with E-state index in [0.29, 0.717) is 15.6 Å². The number of anilines is 2. The number of benzene rings is 2. The Balaban J connectivity index is 2.08. The van der Waals surface area contributed by atoms with Crippen LogP contribution in [0.3, 0.4) is 0 Å². The van der Waals surface area contributed by atoms with Crippen molar-refractivity contribution in [1.82, 2.24) is 0 Å². The summed E-state index contributed by atoms with van der Waals surface area (Å²) in [4.78, 5) is 12.6. The van der Waals surface area contributed by atoms with Crippen molar-refractivity contribution < 1.29 is 4.79 Å². The molecule has 19 heavy (non-hydrogen) atoms. The summed E-state index contributed by atoms with van der Waals surface area (Å²) in [5.74, 6) is 0. The van der Waals surface area contributed by atoms with E-state index in [4.69, 9.17) is 11.6 Å². The Kier molecular flexibility index (Phi) is 4.35. The van der Waals surface area contributed by atoms with Crippen molar-refractivity contribution in [1.29, 1.82) is 0 Å². The van der Waals surface area contributed by atoms with E-state index in [0.717, 1.165) is 11.3 Å². The maximum Gasteiger partial charge on any atom is 0.323 e. The van der Waals surface area contributed by atoms with Crippen LogP contribution in [0.4, 0.5) is 16.2 Å². The highest BCUT2D eigenvalue weighted by atomic mass is 35.5. The van der Waals surface area contributed by atoms with Gasteiger partial charge in [-0.2, -0.15) is 0 Å². The molecule has 2 amide bonds. The van der Waals surface area contributed by atoms with Crippen LogP contribution in [0.2, 0.25) is 5.02 Å². The SMILES string of the molecule is Cc1cc(Cl)ccc1NC(=O)Nc1ccccc1S. The quantitative estimate of drug-likeness (QED) is 0.697. The van der Waals surface area contributed by atoms with E-state index in [9.17, 15) is 4.79 Å². The van der Waals surface area contributed by atoms with E-state index in [1.54, 1.807) is 24.3 Å². The highest BCUT2D eigenvalue weighted by molar-refractivity contribution is 7.80.